The molecule has 0 bridgehead atoms. The van der Waals surface area contributed by atoms with Crippen molar-refractivity contribution >= 4 is 0 Å². The van der Waals surface area contributed by atoms with Crippen LogP contribution in [-0.4, -0.2) is 23.9 Å². The van der Waals surface area contributed by atoms with Gasteiger partial charge in [0.15, 0.2) is 0 Å². The van der Waals surface area contributed by atoms with Gasteiger partial charge in [-0.25, -0.2) is 0 Å². The molecular formula is C14H28O2. The molecule has 0 heterocycles. The Bertz CT molecular complexity index is 181. The third-order valence-corrected chi connectivity index (χ3v) is 3.98. The summed E-state index contributed by atoms with van der Waals surface area (Å²) in [5.74, 6) is 0.661. The predicted molar refractivity (Wildman–Crippen MR) is 67.5 cm³/mol. The molecule has 0 aliphatic heterocycles. The number of ether oxygens (including phenoxy) is 1. The van der Waals surface area contributed by atoms with Crippen LogP contribution in [0.1, 0.15) is 65.2 Å². The van der Waals surface area contributed by atoms with Gasteiger partial charge in [0, 0.05) is 7.11 Å². The highest BCUT2D eigenvalue weighted by Crippen LogP contribution is 2.34. The quantitative estimate of drug-likeness (QED) is 0.729. The van der Waals surface area contributed by atoms with Gasteiger partial charge in [0.1, 0.15) is 0 Å². The Balaban J connectivity index is 2.54. The van der Waals surface area contributed by atoms with Gasteiger partial charge >= 0.3 is 0 Å². The molecule has 1 aliphatic carbocycles. The van der Waals surface area contributed by atoms with Gasteiger partial charge in [0.25, 0.3) is 0 Å². The Hall–Kier alpha value is -0.0800. The van der Waals surface area contributed by atoms with E-state index in [9.17, 15) is 5.11 Å². The lowest BCUT2D eigenvalue weighted by Gasteiger charge is -2.36. The molecule has 2 nitrogen and oxygen atoms in total. The highest BCUT2D eigenvalue weighted by Gasteiger charge is 2.37. The molecule has 1 N–H and O–H groups in total. The Kier molecular flexibility index (Phi) is 5.77. The predicted octanol–water partition coefficient (Wildman–Crippen LogP) is 3.52. The smallest absolute Gasteiger partial charge is 0.0936 e. The van der Waals surface area contributed by atoms with Gasteiger partial charge in [0.05, 0.1) is 11.7 Å². The average molecular weight is 228 g/mol. The van der Waals surface area contributed by atoms with Gasteiger partial charge < -0.3 is 9.84 Å². The molecule has 1 saturated carbocycles. The van der Waals surface area contributed by atoms with E-state index < -0.39 is 0 Å². The third kappa shape index (κ3) is 3.74. The molecule has 1 unspecified atom stereocenters. The summed E-state index contributed by atoms with van der Waals surface area (Å²) in [6, 6.07) is 0. The zero-order valence-corrected chi connectivity index (χ0v) is 11.2. The van der Waals surface area contributed by atoms with Crippen molar-refractivity contribution in [1.29, 1.82) is 0 Å². The first-order valence-corrected chi connectivity index (χ1v) is 6.84. The van der Waals surface area contributed by atoms with Crippen molar-refractivity contribution in [1.82, 2.24) is 0 Å². The van der Waals surface area contributed by atoms with Crippen LogP contribution in [0.15, 0.2) is 0 Å². The van der Waals surface area contributed by atoms with E-state index in [2.05, 4.69) is 13.8 Å². The second-order valence-electron chi connectivity index (χ2n) is 5.67. The van der Waals surface area contributed by atoms with E-state index in [1.807, 2.05) is 0 Å². The van der Waals surface area contributed by atoms with Gasteiger partial charge in [-0.1, -0.05) is 39.5 Å². The SMILES string of the molecule is COC1(C(O)CCC(C)C)CCCCCC1. The molecule has 96 valence electrons. The minimum absolute atomic E-state index is 0.245. The van der Waals surface area contributed by atoms with E-state index >= 15 is 0 Å². The van der Waals surface area contributed by atoms with Crippen LogP contribution in [-0.2, 0) is 4.74 Å². The lowest BCUT2D eigenvalue weighted by molar-refractivity contribution is -0.115. The highest BCUT2D eigenvalue weighted by atomic mass is 16.5. The summed E-state index contributed by atoms with van der Waals surface area (Å²) in [5.41, 5.74) is -0.245. The van der Waals surface area contributed by atoms with Crippen LogP contribution in [0, 0.1) is 5.92 Å². The molecule has 0 radical (unpaired) electrons. The van der Waals surface area contributed by atoms with Crippen LogP contribution < -0.4 is 0 Å². The van der Waals surface area contributed by atoms with Crippen LogP contribution >= 0.6 is 0 Å². The average Bonchev–Trinajstić information content (AvgIpc) is 2.51. The molecule has 16 heavy (non-hydrogen) atoms. The van der Waals surface area contributed by atoms with E-state index in [0.717, 1.165) is 25.7 Å². The van der Waals surface area contributed by atoms with Crippen LogP contribution in [0.25, 0.3) is 0 Å². The van der Waals surface area contributed by atoms with E-state index in [4.69, 9.17) is 4.74 Å². The van der Waals surface area contributed by atoms with Gasteiger partial charge in [-0.2, -0.15) is 0 Å². The maximum Gasteiger partial charge on any atom is 0.0936 e. The second kappa shape index (κ2) is 6.61. The largest absolute Gasteiger partial charge is 0.390 e. The zero-order valence-electron chi connectivity index (χ0n) is 11.2. The molecule has 1 fully saturated rings. The van der Waals surface area contributed by atoms with Gasteiger partial charge in [0.2, 0.25) is 0 Å². The van der Waals surface area contributed by atoms with E-state index in [1.165, 1.54) is 25.7 Å². The molecule has 0 aromatic heterocycles. The zero-order chi connectivity index (χ0) is 12.0. The molecule has 0 aromatic carbocycles. The number of methoxy groups -OCH3 is 1. The normalized spacial score (nSPS) is 23.1. The van der Waals surface area contributed by atoms with E-state index in [1.54, 1.807) is 7.11 Å². The van der Waals surface area contributed by atoms with Crippen molar-refractivity contribution in [3.05, 3.63) is 0 Å². The Morgan fingerprint density at radius 3 is 2.06 bits per heavy atom. The maximum atomic E-state index is 10.4. The van der Waals surface area contributed by atoms with Crippen molar-refractivity contribution in [2.75, 3.05) is 7.11 Å². The fraction of sp³-hybridized carbons (Fsp3) is 1.00. The maximum absolute atomic E-state index is 10.4. The standard InChI is InChI=1S/C14H28O2/c1-12(2)8-9-13(15)14(16-3)10-6-4-5-7-11-14/h12-13,15H,4-11H2,1-3H3. The van der Waals surface area contributed by atoms with Crippen LogP contribution in [0.5, 0.6) is 0 Å². The molecule has 0 spiro atoms. The number of aliphatic hydroxyl groups is 1. The number of rotatable bonds is 5. The summed E-state index contributed by atoms with van der Waals surface area (Å²) in [4.78, 5) is 0. The summed E-state index contributed by atoms with van der Waals surface area (Å²) in [6.45, 7) is 4.42. The van der Waals surface area contributed by atoms with E-state index in [-0.39, 0.29) is 11.7 Å². The molecule has 0 amide bonds. The highest BCUT2D eigenvalue weighted by molar-refractivity contribution is 4.89. The topological polar surface area (TPSA) is 29.5 Å². The first-order chi connectivity index (χ1) is 7.60. The van der Waals surface area contributed by atoms with Crippen molar-refractivity contribution in [2.24, 2.45) is 5.92 Å². The summed E-state index contributed by atoms with van der Waals surface area (Å²) in [7, 11) is 1.77. The van der Waals surface area contributed by atoms with Crippen LogP contribution in [0.3, 0.4) is 0 Å². The number of hydrogen-bond acceptors (Lipinski definition) is 2. The minimum Gasteiger partial charge on any atom is -0.390 e. The molecule has 0 saturated heterocycles. The Morgan fingerprint density at radius 2 is 1.62 bits per heavy atom. The Morgan fingerprint density at radius 1 is 1.06 bits per heavy atom. The van der Waals surface area contributed by atoms with Crippen LogP contribution in [0.4, 0.5) is 0 Å². The van der Waals surface area contributed by atoms with Crippen molar-refractivity contribution in [3.8, 4) is 0 Å². The molecule has 2 heteroatoms. The lowest BCUT2D eigenvalue weighted by atomic mass is 9.84. The lowest BCUT2D eigenvalue weighted by Crippen LogP contribution is -2.44. The van der Waals surface area contributed by atoms with Crippen LogP contribution in [0.2, 0.25) is 0 Å². The number of hydrogen-bond donors (Lipinski definition) is 1. The van der Waals surface area contributed by atoms with Gasteiger partial charge in [-0.3, -0.25) is 0 Å². The second-order valence-corrected chi connectivity index (χ2v) is 5.67. The third-order valence-electron chi connectivity index (χ3n) is 3.98. The van der Waals surface area contributed by atoms with Crippen molar-refractivity contribution in [3.63, 3.8) is 0 Å². The number of aliphatic hydroxyl groups excluding tert-OH is 1. The summed E-state index contributed by atoms with van der Waals surface area (Å²) < 4.78 is 5.70. The first-order valence-electron chi connectivity index (χ1n) is 6.84. The molecule has 1 atom stereocenters. The molecular weight excluding hydrogens is 200 g/mol. The van der Waals surface area contributed by atoms with Crippen molar-refractivity contribution in [2.45, 2.75) is 76.9 Å². The molecule has 1 aliphatic rings. The van der Waals surface area contributed by atoms with Gasteiger partial charge in [-0.05, 0) is 31.6 Å². The fourth-order valence-electron chi connectivity index (χ4n) is 2.75. The molecule has 1 rings (SSSR count). The minimum atomic E-state index is -0.280. The first kappa shape index (κ1) is 14.0. The van der Waals surface area contributed by atoms with E-state index in [0.29, 0.717) is 5.92 Å². The summed E-state index contributed by atoms with van der Waals surface area (Å²) in [6.07, 6.45) is 8.74. The summed E-state index contributed by atoms with van der Waals surface area (Å²) >= 11 is 0. The Labute approximate surface area is 100 Å². The molecule has 0 aromatic rings. The fourth-order valence-corrected chi connectivity index (χ4v) is 2.75. The van der Waals surface area contributed by atoms with Gasteiger partial charge in [-0.15, -0.1) is 0 Å². The monoisotopic (exact) mass is 228 g/mol. The summed E-state index contributed by atoms with van der Waals surface area (Å²) in [5, 5.41) is 10.4. The van der Waals surface area contributed by atoms with Crippen molar-refractivity contribution < 1.29 is 9.84 Å².